The summed E-state index contributed by atoms with van der Waals surface area (Å²) >= 11 is 1.66. The molecule has 0 aliphatic carbocycles. The number of aliphatic imine (C=N–C) groups is 1. The van der Waals surface area contributed by atoms with Gasteiger partial charge in [0.25, 0.3) is 0 Å². The Morgan fingerprint density at radius 2 is 2.10 bits per heavy atom. The van der Waals surface area contributed by atoms with Gasteiger partial charge in [0.15, 0.2) is 5.84 Å². The van der Waals surface area contributed by atoms with Crippen molar-refractivity contribution in [2.24, 2.45) is 4.99 Å². The van der Waals surface area contributed by atoms with Crippen LogP contribution in [0.15, 0.2) is 53.5 Å². The minimum Gasteiger partial charge on any atom is -0.352 e. The lowest BCUT2D eigenvalue weighted by Gasteiger charge is -2.35. The van der Waals surface area contributed by atoms with Gasteiger partial charge in [0, 0.05) is 25.7 Å². The van der Waals surface area contributed by atoms with Crippen molar-refractivity contribution in [2.75, 3.05) is 25.0 Å². The maximum Gasteiger partial charge on any atom is 0.158 e. The van der Waals surface area contributed by atoms with Crippen molar-refractivity contribution < 1.29 is 4.39 Å². The molecule has 30 heavy (non-hydrogen) atoms. The summed E-state index contributed by atoms with van der Waals surface area (Å²) in [6, 6.07) is 15.3. The molecule has 1 saturated heterocycles. The fourth-order valence-electron chi connectivity index (χ4n) is 4.09. The number of halogens is 1. The number of fused-ring (bicyclic) bond motifs is 2. The second-order valence-corrected chi connectivity index (χ2v) is 8.96. The summed E-state index contributed by atoms with van der Waals surface area (Å²) in [7, 11) is 0. The first-order valence-corrected chi connectivity index (χ1v) is 11.1. The van der Waals surface area contributed by atoms with E-state index in [9.17, 15) is 4.39 Å². The third-order valence-corrected chi connectivity index (χ3v) is 6.44. The quantitative estimate of drug-likeness (QED) is 0.647. The number of hydrogen-bond donors (Lipinski definition) is 2. The molecule has 3 aromatic rings. The Morgan fingerprint density at radius 1 is 1.20 bits per heavy atom. The lowest BCUT2D eigenvalue weighted by atomic mass is 10.0. The van der Waals surface area contributed by atoms with E-state index in [1.165, 1.54) is 6.07 Å². The van der Waals surface area contributed by atoms with E-state index < -0.39 is 0 Å². The predicted octanol–water partition coefficient (Wildman–Crippen LogP) is 4.63. The van der Waals surface area contributed by atoms with E-state index in [2.05, 4.69) is 21.6 Å². The lowest BCUT2D eigenvalue weighted by Crippen LogP contribution is -2.53. The summed E-state index contributed by atoms with van der Waals surface area (Å²) in [6.45, 7) is 4.66. The number of aromatic nitrogens is 1. The maximum atomic E-state index is 13.5. The number of benzene rings is 2. The van der Waals surface area contributed by atoms with Gasteiger partial charge in [-0.25, -0.2) is 14.4 Å². The average molecular weight is 422 g/mol. The summed E-state index contributed by atoms with van der Waals surface area (Å²) in [5.74, 6) is 0.764. The Morgan fingerprint density at radius 3 is 3.00 bits per heavy atom. The Kier molecular flexibility index (Phi) is 5.23. The van der Waals surface area contributed by atoms with Crippen LogP contribution < -0.4 is 10.6 Å². The number of piperazine rings is 1. The molecule has 5 nitrogen and oxygen atoms in total. The zero-order valence-corrected chi connectivity index (χ0v) is 17.7. The van der Waals surface area contributed by atoms with Crippen LogP contribution in [0.25, 0.3) is 0 Å². The number of thiazole rings is 1. The van der Waals surface area contributed by atoms with Crippen LogP contribution in [0.5, 0.6) is 0 Å². The zero-order valence-electron chi connectivity index (χ0n) is 16.9. The molecule has 1 fully saturated rings. The first-order chi connectivity index (χ1) is 14.7. The molecule has 1 unspecified atom stereocenters. The molecule has 2 aliphatic rings. The van der Waals surface area contributed by atoms with E-state index in [0.717, 1.165) is 71.0 Å². The number of para-hydroxylation sites is 2. The molecule has 0 bridgehead atoms. The van der Waals surface area contributed by atoms with Gasteiger partial charge in [-0.05, 0) is 49.6 Å². The van der Waals surface area contributed by atoms with Gasteiger partial charge in [-0.15, -0.1) is 11.3 Å². The number of nitrogens with one attached hydrogen (secondary N) is 2. The van der Waals surface area contributed by atoms with E-state index in [-0.39, 0.29) is 5.82 Å². The Hall–Kier alpha value is -2.77. The first-order valence-electron chi connectivity index (χ1n) is 10.3. The van der Waals surface area contributed by atoms with Crippen molar-refractivity contribution in [3.05, 3.63) is 70.6 Å². The van der Waals surface area contributed by atoms with Crippen LogP contribution in [0, 0.1) is 12.7 Å². The standard InChI is InChI=1S/C23H24FN5S/c1-15-26-21-22(27-19-7-2-3-8-20(19)28-23(21)30-15)29-12-11-25-18(14-29)10-9-16-5-4-6-17(24)13-16/h2-8,13,18,25,28H,9-12,14H2,1H3. The van der Waals surface area contributed by atoms with E-state index in [0.29, 0.717) is 6.04 Å². The number of anilines is 2. The highest BCUT2D eigenvalue weighted by Crippen LogP contribution is 2.37. The van der Waals surface area contributed by atoms with Crippen molar-refractivity contribution >= 4 is 33.5 Å². The second kappa shape index (κ2) is 8.16. The number of nitrogens with zero attached hydrogens (tertiary/aromatic N) is 3. The average Bonchev–Trinajstić information content (AvgIpc) is 3.04. The van der Waals surface area contributed by atoms with Crippen LogP contribution in [0.3, 0.4) is 0 Å². The monoisotopic (exact) mass is 421 g/mol. The highest BCUT2D eigenvalue weighted by molar-refractivity contribution is 7.16. The van der Waals surface area contributed by atoms with E-state index in [4.69, 9.17) is 9.98 Å². The number of amidine groups is 1. The molecule has 0 spiro atoms. The topological polar surface area (TPSA) is 52.6 Å². The lowest BCUT2D eigenvalue weighted by molar-refractivity contribution is 0.282. The van der Waals surface area contributed by atoms with Crippen LogP contribution in [-0.2, 0) is 6.42 Å². The Labute approximate surface area is 179 Å². The van der Waals surface area contributed by atoms with Gasteiger partial charge in [-0.3, -0.25) is 0 Å². The van der Waals surface area contributed by atoms with Crippen LogP contribution in [0.4, 0.5) is 20.8 Å². The molecule has 7 heteroatoms. The van der Waals surface area contributed by atoms with Crippen molar-refractivity contribution in [1.82, 2.24) is 15.2 Å². The van der Waals surface area contributed by atoms with Crippen molar-refractivity contribution in [1.29, 1.82) is 0 Å². The number of rotatable bonds is 3. The molecule has 0 radical (unpaired) electrons. The summed E-state index contributed by atoms with van der Waals surface area (Å²) in [4.78, 5) is 12.2. The molecule has 0 saturated carbocycles. The third kappa shape index (κ3) is 3.95. The summed E-state index contributed by atoms with van der Waals surface area (Å²) < 4.78 is 13.5. The minimum atomic E-state index is -0.170. The molecule has 1 aromatic heterocycles. The second-order valence-electron chi connectivity index (χ2n) is 7.75. The minimum absolute atomic E-state index is 0.170. The van der Waals surface area contributed by atoms with Gasteiger partial charge in [0.2, 0.25) is 0 Å². The molecule has 2 aliphatic heterocycles. The summed E-state index contributed by atoms with van der Waals surface area (Å²) in [5.41, 5.74) is 3.91. The van der Waals surface area contributed by atoms with Gasteiger partial charge in [-0.2, -0.15) is 0 Å². The molecule has 0 amide bonds. The Bertz CT molecular complexity index is 1090. The smallest absolute Gasteiger partial charge is 0.158 e. The summed E-state index contributed by atoms with van der Waals surface area (Å²) in [5, 5.41) is 9.21. The van der Waals surface area contributed by atoms with Crippen LogP contribution >= 0.6 is 11.3 Å². The van der Waals surface area contributed by atoms with E-state index >= 15 is 0 Å². The molecule has 1 atom stereocenters. The van der Waals surface area contributed by atoms with Crippen molar-refractivity contribution in [2.45, 2.75) is 25.8 Å². The number of hydrogen-bond acceptors (Lipinski definition) is 6. The van der Waals surface area contributed by atoms with E-state index in [1.807, 2.05) is 31.2 Å². The fraction of sp³-hybridized carbons (Fsp3) is 0.304. The third-order valence-electron chi connectivity index (χ3n) is 5.55. The van der Waals surface area contributed by atoms with Gasteiger partial charge < -0.3 is 15.5 Å². The van der Waals surface area contributed by atoms with Gasteiger partial charge in [-0.1, -0.05) is 24.3 Å². The molecule has 3 heterocycles. The first kappa shape index (κ1) is 19.2. The normalized spacial score (nSPS) is 18.1. The SMILES string of the molecule is Cc1nc2c(s1)Nc1ccccc1N=C2N1CCNC(CCc2cccc(F)c2)C1. The van der Waals surface area contributed by atoms with Crippen LogP contribution in [0.1, 0.15) is 22.7 Å². The van der Waals surface area contributed by atoms with Crippen molar-refractivity contribution in [3.63, 3.8) is 0 Å². The van der Waals surface area contributed by atoms with Crippen LogP contribution in [-0.4, -0.2) is 41.4 Å². The maximum absolute atomic E-state index is 13.5. The molecular formula is C23H24FN5S. The highest BCUT2D eigenvalue weighted by atomic mass is 32.1. The molecule has 2 aromatic carbocycles. The predicted molar refractivity (Wildman–Crippen MR) is 121 cm³/mol. The van der Waals surface area contributed by atoms with Gasteiger partial charge >= 0.3 is 0 Å². The van der Waals surface area contributed by atoms with E-state index in [1.54, 1.807) is 23.5 Å². The Balaban J connectivity index is 1.39. The number of aryl methyl sites for hydroxylation is 2. The summed E-state index contributed by atoms with van der Waals surface area (Å²) in [6.07, 6.45) is 1.80. The van der Waals surface area contributed by atoms with Gasteiger partial charge in [0.05, 0.1) is 16.4 Å². The zero-order chi connectivity index (χ0) is 20.5. The van der Waals surface area contributed by atoms with Gasteiger partial charge in [0.1, 0.15) is 16.5 Å². The highest BCUT2D eigenvalue weighted by Gasteiger charge is 2.28. The molecule has 2 N–H and O–H groups in total. The van der Waals surface area contributed by atoms with Crippen LogP contribution in [0.2, 0.25) is 0 Å². The molecule has 154 valence electrons. The molecule has 5 rings (SSSR count). The van der Waals surface area contributed by atoms with Crippen molar-refractivity contribution in [3.8, 4) is 0 Å². The largest absolute Gasteiger partial charge is 0.352 e. The fourth-order valence-corrected chi connectivity index (χ4v) is 4.92. The molecular weight excluding hydrogens is 397 g/mol.